The number of nitro groups is 1. The lowest BCUT2D eigenvalue weighted by Crippen LogP contribution is -2.34. The normalized spacial score (nSPS) is 11.1. The highest BCUT2D eigenvalue weighted by Crippen LogP contribution is 2.27. The van der Waals surface area contributed by atoms with Gasteiger partial charge in [0.25, 0.3) is 15.7 Å². The van der Waals surface area contributed by atoms with Gasteiger partial charge in [-0.1, -0.05) is 23.7 Å². The van der Waals surface area contributed by atoms with Gasteiger partial charge in [-0.15, -0.1) is 0 Å². The Morgan fingerprint density at radius 1 is 1.17 bits per heavy atom. The van der Waals surface area contributed by atoms with Crippen LogP contribution in [0.2, 0.25) is 5.02 Å². The Morgan fingerprint density at radius 2 is 1.83 bits per heavy atom. The minimum absolute atomic E-state index is 0.114. The van der Waals surface area contributed by atoms with Crippen molar-refractivity contribution in [3.05, 3.63) is 63.7 Å². The SMILES string of the molecule is O=C(Cl)CN(c1cccc(Cl)c1)S(=O)(=O)c1cccc([N+](=O)[O-])c1. The number of nitrogens with zero attached hydrogens (tertiary/aromatic N) is 2. The third-order valence-corrected chi connectivity index (χ3v) is 5.11. The molecule has 0 amide bonds. The Kier molecular flexibility index (Phi) is 5.43. The monoisotopic (exact) mass is 388 g/mol. The van der Waals surface area contributed by atoms with E-state index in [4.69, 9.17) is 23.2 Å². The van der Waals surface area contributed by atoms with Crippen LogP contribution >= 0.6 is 23.2 Å². The largest absolute Gasteiger partial charge is 0.279 e. The average molecular weight is 389 g/mol. The van der Waals surface area contributed by atoms with Crippen molar-refractivity contribution >= 4 is 49.8 Å². The molecular weight excluding hydrogens is 379 g/mol. The molecule has 0 heterocycles. The van der Waals surface area contributed by atoms with Crippen molar-refractivity contribution in [3.8, 4) is 0 Å². The maximum Gasteiger partial charge on any atom is 0.270 e. The van der Waals surface area contributed by atoms with Crippen LogP contribution in [0.25, 0.3) is 0 Å². The average Bonchev–Trinajstić information content (AvgIpc) is 2.52. The standard InChI is InChI=1S/C14H10Cl2N2O5S/c15-10-3-1-4-11(7-10)17(9-14(16)19)24(22,23)13-6-2-5-12(8-13)18(20)21/h1-8H,9H2. The highest BCUT2D eigenvalue weighted by molar-refractivity contribution is 7.92. The van der Waals surface area contributed by atoms with E-state index in [-0.39, 0.29) is 21.3 Å². The fraction of sp³-hybridized carbons (Fsp3) is 0.0714. The molecule has 126 valence electrons. The molecule has 10 heteroatoms. The molecule has 0 saturated heterocycles. The first-order valence-corrected chi connectivity index (χ1v) is 8.62. The summed E-state index contributed by atoms with van der Waals surface area (Å²) in [5.41, 5.74) is -0.276. The van der Waals surface area contributed by atoms with Gasteiger partial charge in [-0.25, -0.2) is 8.42 Å². The van der Waals surface area contributed by atoms with Crippen molar-refractivity contribution in [2.75, 3.05) is 10.8 Å². The lowest BCUT2D eigenvalue weighted by atomic mass is 10.3. The molecule has 2 aromatic rings. The smallest absolute Gasteiger partial charge is 0.270 e. The predicted octanol–water partition coefficient (Wildman–Crippen LogP) is 3.21. The fourth-order valence-electron chi connectivity index (χ4n) is 1.94. The molecule has 0 aliphatic carbocycles. The van der Waals surface area contributed by atoms with Crippen LogP contribution < -0.4 is 4.31 Å². The summed E-state index contributed by atoms with van der Waals surface area (Å²) in [5.74, 6) is 0. The van der Waals surface area contributed by atoms with Crippen LogP contribution in [-0.4, -0.2) is 25.1 Å². The van der Waals surface area contributed by atoms with Crippen molar-refractivity contribution in [1.82, 2.24) is 0 Å². The van der Waals surface area contributed by atoms with Crippen molar-refractivity contribution in [2.24, 2.45) is 0 Å². The van der Waals surface area contributed by atoms with Gasteiger partial charge in [-0.05, 0) is 35.9 Å². The third-order valence-electron chi connectivity index (χ3n) is 2.98. The molecule has 0 unspecified atom stereocenters. The number of carbonyl (C=O) groups excluding carboxylic acids is 1. The van der Waals surface area contributed by atoms with Gasteiger partial charge in [-0.2, -0.15) is 0 Å². The molecule has 2 aromatic carbocycles. The zero-order valence-electron chi connectivity index (χ0n) is 11.9. The van der Waals surface area contributed by atoms with E-state index in [2.05, 4.69) is 0 Å². The summed E-state index contributed by atoms with van der Waals surface area (Å²) >= 11 is 11.2. The van der Waals surface area contributed by atoms with E-state index < -0.39 is 26.7 Å². The summed E-state index contributed by atoms with van der Waals surface area (Å²) in [6, 6.07) is 10.3. The number of nitro benzene ring substituents is 1. The van der Waals surface area contributed by atoms with Crippen molar-refractivity contribution in [1.29, 1.82) is 0 Å². The lowest BCUT2D eigenvalue weighted by Gasteiger charge is -2.23. The Bertz CT molecular complexity index is 902. The molecule has 0 aromatic heterocycles. The summed E-state index contributed by atoms with van der Waals surface area (Å²) in [5, 5.41) is 10.2. The predicted molar refractivity (Wildman–Crippen MR) is 89.9 cm³/mol. The number of hydrogen-bond donors (Lipinski definition) is 0. The van der Waals surface area contributed by atoms with Crippen LogP contribution in [0.3, 0.4) is 0 Å². The molecule has 7 nitrogen and oxygen atoms in total. The van der Waals surface area contributed by atoms with Gasteiger partial charge < -0.3 is 0 Å². The van der Waals surface area contributed by atoms with E-state index in [1.54, 1.807) is 0 Å². The van der Waals surface area contributed by atoms with E-state index in [0.717, 1.165) is 16.4 Å². The molecule has 0 aliphatic rings. The molecule has 0 fully saturated rings. The van der Waals surface area contributed by atoms with Crippen molar-refractivity contribution in [3.63, 3.8) is 0 Å². The second-order valence-electron chi connectivity index (χ2n) is 4.60. The zero-order chi connectivity index (χ0) is 17.9. The Hall–Kier alpha value is -2.16. The quantitative estimate of drug-likeness (QED) is 0.429. The molecule has 0 bridgehead atoms. The van der Waals surface area contributed by atoms with Crippen molar-refractivity contribution < 1.29 is 18.1 Å². The first-order chi connectivity index (χ1) is 11.2. The molecule has 0 N–H and O–H groups in total. The maximum absolute atomic E-state index is 12.8. The Balaban J connectivity index is 2.57. The molecular formula is C14H10Cl2N2O5S. The van der Waals surface area contributed by atoms with Gasteiger partial charge in [0, 0.05) is 17.2 Å². The number of benzene rings is 2. The zero-order valence-corrected chi connectivity index (χ0v) is 14.3. The molecule has 0 saturated carbocycles. The number of halogens is 2. The van der Waals surface area contributed by atoms with Crippen LogP contribution in [0.1, 0.15) is 0 Å². The Morgan fingerprint density at radius 3 is 2.42 bits per heavy atom. The topological polar surface area (TPSA) is 97.6 Å². The van der Waals surface area contributed by atoms with Gasteiger partial charge in [0.1, 0.15) is 6.54 Å². The van der Waals surface area contributed by atoms with Crippen molar-refractivity contribution in [2.45, 2.75) is 4.90 Å². The molecule has 0 radical (unpaired) electrons. The first-order valence-electron chi connectivity index (χ1n) is 6.43. The second-order valence-corrected chi connectivity index (χ2v) is 7.32. The minimum atomic E-state index is -4.26. The lowest BCUT2D eigenvalue weighted by molar-refractivity contribution is -0.385. The van der Waals surface area contributed by atoms with E-state index in [1.807, 2.05) is 0 Å². The van der Waals surface area contributed by atoms with Crippen LogP contribution in [0.15, 0.2) is 53.4 Å². The van der Waals surface area contributed by atoms with E-state index in [1.165, 1.54) is 36.4 Å². The fourth-order valence-corrected chi connectivity index (χ4v) is 3.77. The summed E-state index contributed by atoms with van der Waals surface area (Å²) in [4.78, 5) is 21.1. The van der Waals surface area contributed by atoms with E-state index >= 15 is 0 Å². The minimum Gasteiger partial charge on any atom is -0.279 e. The van der Waals surface area contributed by atoms with E-state index in [0.29, 0.717) is 0 Å². The molecule has 0 atom stereocenters. The molecule has 0 spiro atoms. The highest BCUT2D eigenvalue weighted by Gasteiger charge is 2.28. The summed E-state index contributed by atoms with van der Waals surface area (Å²) in [6.07, 6.45) is 0. The van der Waals surface area contributed by atoms with E-state index in [9.17, 15) is 23.3 Å². The summed E-state index contributed by atoms with van der Waals surface area (Å²) < 4.78 is 26.4. The molecule has 0 aliphatic heterocycles. The third kappa shape index (κ3) is 4.02. The number of anilines is 1. The van der Waals surface area contributed by atoms with Gasteiger partial charge in [0.05, 0.1) is 15.5 Å². The molecule has 24 heavy (non-hydrogen) atoms. The van der Waals surface area contributed by atoms with Gasteiger partial charge in [0.15, 0.2) is 0 Å². The molecule has 2 rings (SSSR count). The number of rotatable bonds is 6. The number of carbonyl (C=O) groups is 1. The van der Waals surface area contributed by atoms with Crippen LogP contribution in [0.4, 0.5) is 11.4 Å². The van der Waals surface area contributed by atoms with Crippen LogP contribution in [0, 0.1) is 10.1 Å². The first kappa shape index (κ1) is 18.2. The van der Waals surface area contributed by atoms with Gasteiger partial charge >= 0.3 is 0 Å². The van der Waals surface area contributed by atoms with Crippen LogP contribution in [-0.2, 0) is 14.8 Å². The van der Waals surface area contributed by atoms with Crippen LogP contribution in [0.5, 0.6) is 0 Å². The maximum atomic E-state index is 12.8. The summed E-state index contributed by atoms with van der Waals surface area (Å²) in [7, 11) is -4.26. The van der Waals surface area contributed by atoms with Gasteiger partial charge in [0.2, 0.25) is 5.24 Å². The Labute approximate surface area is 147 Å². The number of hydrogen-bond acceptors (Lipinski definition) is 5. The number of sulfonamides is 1. The number of non-ortho nitro benzene ring substituents is 1. The van der Waals surface area contributed by atoms with Gasteiger partial charge in [-0.3, -0.25) is 19.2 Å². The highest BCUT2D eigenvalue weighted by atomic mass is 35.5. The second kappa shape index (κ2) is 7.16. The summed E-state index contributed by atoms with van der Waals surface area (Å²) in [6.45, 7) is -0.646.